The predicted molar refractivity (Wildman–Crippen MR) is 103 cm³/mol. The van der Waals surface area contributed by atoms with Crippen LogP contribution in [0.2, 0.25) is 0 Å². The Labute approximate surface area is 152 Å². The highest BCUT2D eigenvalue weighted by Gasteiger charge is 2.11. The molecule has 2 amide bonds. The molecule has 0 radical (unpaired) electrons. The lowest BCUT2D eigenvalue weighted by Crippen LogP contribution is -2.26. The van der Waals surface area contributed by atoms with E-state index in [0.717, 1.165) is 5.56 Å². The Balaban J connectivity index is 1.62. The largest absolute Gasteiger partial charge is 0.346 e. The fourth-order valence-electron chi connectivity index (χ4n) is 2.60. The summed E-state index contributed by atoms with van der Waals surface area (Å²) in [6, 6.07) is 25.6. The molecule has 4 nitrogen and oxygen atoms in total. The summed E-state index contributed by atoms with van der Waals surface area (Å²) >= 11 is 0. The summed E-state index contributed by atoms with van der Waals surface area (Å²) in [6.45, 7) is 1.95. The van der Waals surface area contributed by atoms with Gasteiger partial charge in [-0.3, -0.25) is 9.59 Å². The molecule has 1 atom stereocenters. The summed E-state index contributed by atoms with van der Waals surface area (Å²) in [5.41, 5.74) is 2.83. The highest BCUT2D eigenvalue weighted by Crippen LogP contribution is 2.15. The number of amides is 2. The topological polar surface area (TPSA) is 58.2 Å². The number of nitrogens with one attached hydrogen (secondary N) is 2. The van der Waals surface area contributed by atoms with Crippen molar-refractivity contribution in [2.24, 2.45) is 0 Å². The number of carbonyl (C=O) groups is 2. The van der Waals surface area contributed by atoms with Crippen LogP contribution < -0.4 is 10.6 Å². The zero-order valence-electron chi connectivity index (χ0n) is 14.5. The Hall–Kier alpha value is -3.40. The lowest BCUT2D eigenvalue weighted by Gasteiger charge is -2.14. The van der Waals surface area contributed by atoms with Crippen molar-refractivity contribution < 1.29 is 9.59 Å². The zero-order chi connectivity index (χ0) is 18.4. The third-order valence-corrected chi connectivity index (χ3v) is 4.09. The van der Waals surface area contributed by atoms with Gasteiger partial charge in [0.05, 0.1) is 6.04 Å². The predicted octanol–water partition coefficient (Wildman–Crippen LogP) is 4.43. The van der Waals surface area contributed by atoms with Crippen LogP contribution in [0.15, 0.2) is 84.9 Å². The highest BCUT2D eigenvalue weighted by atomic mass is 16.2. The van der Waals surface area contributed by atoms with Gasteiger partial charge in [0.25, 0.3) is 11.8 Å². The smallest absolute Gasteiger partial charge is 0.255 e. The summed E-state index contributed by atoms with van der Waals surface area (Å²) in [7, 11) is 0. The van der Waals surface area contributed by atoms with Crippen LogP contribution in [0.25, 0.3) is 0 Å². The maximum absolute atomic E-state index is 12.4. The monoisotopic (exact) mass is 344 g/mol. The molecule has 0 saturated carbocycles. The molecule has 0 aliphatic carbocycles. The molecule has 4 heteroatoms. The van der Waals surface area contributed by atoms with E-state index in [1.807, 2.05) is 55.5 Å². The first-order valence-electron chi connectivity index (χ1n) is 8.46. The number of benzene rings is 3. The van der Waals surface area contributed by atoms with E-state index in [9.17, 15) is 9.59 Å². The van der Waals surface area contributed by atoms with Crippen molar-refractivity contribution in [2.75, 3.05) is 5.32 Å². The summed E-state index contributed by atoms with van der Waals surface area (Å²) in [5, 5.41) is 5.79. The fourth-order valence-corrected chi connectivity index (χ4v) is 2.60. The highest BCUT2D eigenvalue weighted by molar-refractivity contribution is 6.04. The van der Waals surface area contributed by atoms with E-state index in [4.69, 9.17) is 0 Å². The maximum Gasteiger partial charge on any atom is 0.255 e. The van der Waals surface area contributed by atoms with Gasteiger partial charge in [0.2, 0.25) is 0 Å². The van der Waals surface area contributed by atoms with E-state index in [2.05, 4.69) is 10.6 Å². The molecule has 3 aromatic rings. The van der Waals surface area contributed by atoms with Crippen LogP contribution in [-0.2, 0) is 0 Å². The summed E-state index contributed by atoms with van der Waals surface area (Å²) in [6.07, 6.45) is 0. The zero-order valence-corrected chi connectivity index (χ0v) is 14.5. The Kier molecular flexibility index (Phi) is 5.44. The molecule has 2 N–H and O–H groups in total. The first-order valence-corrected chi connectivity index (χ1v) is 8.46. The van der Waals surface area contributed by atoms with Gasteiger partial charge in [0.15, 0.2) is 0 Å². The van der Waals surface area contributed by atoms with Crippen molar-refractivity contribution in [1.29, 1.82) is 0 Å². The maximum atomic E-state index is 12.4. The van der Waals surface area contributed by atoms with E-state index in [1.165, 1.54) is 0 Å². The molecular formula is C22H20N2O2. The van der Waals surface area contributed by atoms with Gasteiger partial charge in [-0.25, -0.2) is 0 Å². The van der Waals surface area contributed by atoms with Gasteiger partial charge in [0.1, 0.15) is 0 Å². The number of hydrogen-bond donors (Lipinski definition) is 2. The molecule has 3 aromatic carbocycles. The van der Waals surface area contributed by atoms with E-state index < -0.39 is 0 Å². The van der Waals surface area contributed by atoms with Crippen molar-refractivity contribution in [3.63, 3.8) is 0 Å². The van der Waals surface area contributed by atoms with Gasteiger partial charge in [-0.05, 0) is 48.9 Å². The van der Waals surface area contributed by atoms with Crippen LogP contribution in [-0.4, -0.2) is 11.8 Å². The van der Waals surface area contributed by atoms with Gasteiger partial charge < -0.3 is 10.6 Å². The van der Waals surface area contributed by atoms with Gasteiger partial charge in [-0.2, -0.15) is 0 Å². The average molecular weight is 344 g/mol. The fraction of sp³-hybridized carbons (Fsp3) is 0.0909. The summed E-state index contributed by atoms with van der Waals surface area (Å²) in [5.74, 6) is -0.331. The molecule has 0 heterocycles. The summed E-state index contributed by atoms with van der Waals surface area (Å²) in [4.78, 5) is 24.5. The molecule has 0 aromatic heterocycles. The molecule has 0 fully saturated rings. The molecular weight excluding hydrogens is 324 g/mol. The lowest BCUT2D eigenvalue weighted by atomic mass is 10.1. The van der Waals surface area contributed by atoms with Crippen LogP contribution in [0.3, 0.4) is 0 Å². The molecule has 26 heavy (non-hydrogen) atoms. The molecule has 0 unspecified atom stereocenters. The normalized spacial score (nSPS) is 11.4. The second-order valence-corrected chi connectivity index (χ2v) is 6.00. The average Bonchev–Trinajstić information content (AvgIpc) is 2.69. The molecule has 130 valence electrons. The van der Waals surface area contributed by atoms with E-state index in [0.29, 0.717) is 16.8 Å². The number of rotatable bonds is 5. The first kappa shape index (κ1) is 17.4. The van der Waals surface area contributed by atoms with Crippen molar-refractivity contribution in [1.82, 2.24) is 5.32 Å². The minimum Gasteiger partial charge on any atom is -0.346 e. The molecule has 0 spiro atoms. The van der Waals surface area contributed by atoms with Crippen LogP contribution in [0, 0.1) is 0 Å². The standard InChI is InChI=1S/C22H20N2O2/c1-16(17-8-4-2-5-9-17)23-21(25)19-12-14-20(15-13-19)24-22(26)18-10-6-3-7-11-18/h2-16H,1H3,(H,23,25)(H,24,26)/t16-/m0/s1. The Morgan fingerprint density at radius 3 is 1.85 bits per heavy atom. The van der Waals surface area contributed by atoms with Gasteiger partial charge >= 0.3 is 0 Å². The van der Waals surface area contributed by atoms with Crippen LogP contribution in [0.5, 0.6) is 0 Å². The minimum atomic E-state index is -0.180. The van der Waals surface area contributed by atoms with Crippen molar-refractivity contribution in [3.8, 4) is 0 Å². The Morgan fingerprint density at radius 2 is 1.23 bits per heavy atom. The molecule has 0 aliphatic rings. The van der Waals surface area contributed by atoms with E-state index >= 15 is 0 Å². The van der Waals surface area contributed by atoms with E-state index in [-0.39, 0.29) is 17.9 Å². The lowest BCUT2D eigenvalue weighted by molar-refractivity contribution is 0.0939. The Morgan fingerprint density at radius 1 is 0.692 bits per heavy atom. The Bertz CT molecular complexity index is 875. The SMILES string of the molecule is C[C@H](NC(=O)c1ccc(NC(=O)c2ccccc2)cc1)c1ccccc1. The third kappa shape index (κ3) is 4.36. The molecule has 3 rings (SSSR count). The van der Waals surface area contributed by atoms with Crippen LogP contribution in [0.1, 0.15) is 39.2 Å². The molecule has 0 saturated heterocycles. The van der Waals surface area contributed by atoms with Crippen LogP contribution in [0.4, 0.5) is 5.69 Å². The first-order chi connectivity index (χ1) is 12.6. The van der Waals surface area contributed by atoms with Gasteiger partial charge in [-0.15, -0.1) is 0 Å². The number of carbonyl (C=O) groups excluding carboxylic acids is 2. The molecule has 0 bridgehead atoms. The van der Waals surface area contributed by atoms with Gasteiger partial charge in [0, 0.05) is 16.8 Å². The van der Waals surface area contributed by atoms with Gasteiger partial charge in [-0.1, -0.05) is 48.5 Å². The second kappa shape index (κ2) is 8.12. The third-order valence-electron chi connectivity index (χ3n) is 4.09. The van der Waals surface area contributed by atoms with Crippen molar-refractivity contribution in [2.45, 2.75) is 13.0 Å². The number of anilines is 1. The van der Waals surface area contributed by atoms with E-state index in [1.54, 1.807) is 36.4 Å². The van der Waals surface area contributed by atoms with Crippen molar-refractivity contribution >= 4 is 17.5 Å². The quantitative estimate of drug-likeness (QED) is 0.719. The van der Waals surface area contributed by atoms with Crippen LogP contribution >= 0.6 is 0 Å². The van der Waals surface area contributed by atoms with Crippen molar-refractivity contribution in [3.05, 3.63) is 102 Å². The molecule has 0 aliphatic heterocycles. The summed E-state index contributed by atoms with van der Waals surface area (Å²) < 4.78 is 0. The minimum absolute atomic E-state index is 0.0823. The number of hydrogen-bond acceptors (Lipinski definition) is 2. The second-order valence-electron chi connectivity index (χ2n) is 6.00.